The summed E-state index contributed by atoms with van der Waals surface area (Å²) in [6, 6.07) is 6.64. The molecule has 0 spiro atoms. The van der Waals surface area contributed by atoms with Gasteiger partial charge in [-0.2, -0.15) is 0 Å². The minimum absolute atomic E-state index is 0.0461. The number of carbonyl (C=O) groups is 2. The zero-order chi connectivity index (χ0) is 11.3. The zero-order valence-corrected chi connectivity index (χ0v) is 8.74. The van der Waals surface area contributed by atoms with Crippen LogP contribution in [0.4, 0.5) is 5.69 Å². The van der Waals surface area contributed by atoms with E-state index >= 15 is 0 Å². The van der Waals surface area contributed by atoms with Crippen molar-refractivity contribution in [3.63, 3.8) is 0 Å². The lowest BCUT2D eigenvalue weighted by molar-refractivity contribution is -0.131. The van der Waals surface area contributed by atoms with Crippen LogP contribution in [0.1, 0.15) is 20.3 Å². The molecule has 80 valence electrons. The molecule has 15 heavy (non-hydrogen) atoms. The van der Waals surface area contributed by atoms with Crippen molar-refractivity contribution in [1.29, 1.82) is 0 Å². The molecule has 0 aliphatic carbocycles. The van der Waals surface area contributed by atoms with Crippen LogP contribution in [0.15, 0.2) is 24.3 Å². The Morgan fingerprint density at radius 2 is 1.87 bits per heavy atom. The third-order valence-corrected chi connectivity index (χ3v) is 1.72. The second-order valence-electron chi connectivity index (χ2n) is 3.02. The molecule has 1 aromatic carbocycles. The number of hydrogen-bond donors (Lipinski definition) is 1. The van der Waals surface area contributed by atoms with Gasteiger partial charge in [-0.15, -0.1) is 0 Å². The van der Waals surface area contributed by atoms with Crippen molar-refractivity contribution in [3.05, 3.63) is 24.3 Å². The Balaban J connectivity index is 2.64. The van der Waals surface area contributed by atoms with Crippen LogP contribution in [0.25, 0.3) is 0 Å². The van der Waals surface area contributed by atoms with E-state index in [-0.39, 0.29) is 11.9 Å². The molecule has 0 unspecified atom stereocenters. The summed E-state index contributed by atoms with van der Waals surface area (Å²) in [5, 5.41) is 2.69. The smallest absolute Gasteiger partial charge is 0.308 e. The van der Waals surface area contributed by atoms with Gasteiger partial charge < -0.3 is 10.1 Å². The first-order valence-electron chi connectivity index (χ1n) is 4.70. The Morgan fingerprint density at radius 3 is 2.33 bits per heavy atom. The molecule has 1 aromatic rings. The maximum atomic E-state index is 11.0. The molecule has 1 amide bonds. The van der Waals surface area contributed by atoms with Gasteiger partial charge in [0.15, 0.2) is 0 Å². The summed E-state index contributed by atoms with van der Waals surface area (Å²) in [5.74, 6) is 0.0626. The van der Waals surface area contributed by atoms with E-state index in [0.717, 1.165) is 0 Å². The van der Waals surface area contributed by atoms with Gasteiger partial charge in [0, 0.05) is 19.0 Å². The Morgan fingerprint density at radius 1 is 1.27 bits per heavy atom. The highest BCUT2D eigenvalue weighted by Crippen LogP contribution is 2.15. The minimum Gasteiger partial charge on any atom is -0.427 e. The zero-order valence-electron chi connectivity index (χ0n) is 8.74. The molecule has 0 aromatic heterocycles. The van der Waals surface area contributed by atoms with E-state index < -0.39 is 0 Å². The number of nitrogens with one attached hydrogen (secondary N) is 1. The number of ether oxygens (including phenoxy) is 1. The SMILES string of the molecule is CCC(=O)Nc1ccc(OC(C)=O)cc1. The van der Waals surface area contributed by atoms with Crippen LogP contribution in [-0.4, -0.2) is 11.9 Å². The molecule has 0 aliphatic heterocycles. The van der Waals surface area contributed by atoms with Crippen LogP contribution in [0.5, 0.6) is 5.75 Å². The van der Waals surface area contributed by atoms with Crippen molar-refractivity contribution < 1.29 is 14.3 Å². The normalized spacial score (nSPS) is 9.47. The number of anilines is 1. The van der Waals surface area contributed by atoms with Crippen molar-refractivity contribution in [1.82, 2.24) is 0 Å². The first-order chi connectivity index (χ1) is 7.11. The van der Waals surface area contributed by atoms with E-state index in [1.165, 1.54) is 6.92 Å². The second kappa shape index (κ2) is 5.14. The first-order valence-corrected chi connectivity index (χ1v) is 4.70. The van der Waals surface area contributed by atoms with Crippen LogP contribution in [0.2, 0.25) is 0 Å². The summed E-state index contributed by atoms with van der Waals surface area (Å²) in [5.41, 5.74) is 0.692. The summed E-state index contributed by atoms with van der Waals surface area (Å²) >= 11 is 0. The molecule has 0 radical (unpaired) electrons. The van der Waals surface area contributed by atoms with E-state index in [1.807, 2.05) is 0 Å². The van der Waals surface area contributed by atoms with Crippen molar-refractivity contribution in [2.24, 2.45) is 0 Å². The van der Waals surface area contributed by atoms with Crippen molar-refractivity contribution in [2.75, 3.05) is 5.32 Å². The van der Waals surface area contributed by atoms with Gasteiger partial charge >= 0.3 is 5.97 Å². The summed E-state index contributed by atoms with van der Waals surface area (Å²) in [6.07, 6.45) is 0.436. The Kier molecular flexibility index (Phi) is 3.85. The number of benzene rings is 1. The van der Waals surface area contributed by atoms with Gasteiger partial charge in [-0.3, -0.25) is 9.59 Å². The van der Waals surface area contributed by atoms with Crippen molar-refractivity contribution in [3.8, 4) is 5.75 Å². The molecule has 0 saturated heterocycles. The average Bonchev–Trinajstić information content (AvgIpc) is 2.20. The third-order valence-electron chi connectivity index (χ3n) is 1.72. The van der Waals surface area contributed by atoms with Crippen molar-refractivity contribution in [2.45, 2.75) is 20.3 Å². The highest BCUT2D eigenvalue weighted by atomic mass is 16.5. The molecular weight excluding hydrogens is 194 g/mol. The van der Waals surface area contributed by atoms with E-state index in [9.17, 15) is 9.59 Å². The number of rotatable bonds is 3. The van der Waals surface area contributed by atoms with Crippen LogP contribution < -0.4 is 10.1 Å². The van der Waals surface area contributed by atoms with Gasteiger partial charge in [0.2, 0.25) is 5.91 Å². The standard InChI is InChI=1S/C11H13NO3/c1-3-11(14)12-9-4-6-10(7-5-9)15-8(2)13/h4-7H,3H2,1-2H3,(H,12,14). The quantitative estimate of drug-likeness (QED) is 0.609. The van der Waals surface area contributed by atoms with Gasteiger partial charge in [0.25, 0.3) is 0 Å². The summed E-state index contributed by atoms with van der Waals surface area (Å²) < 4.78 is 4.85. The lowest BCUT2D eigenvalue weighted by Crippen LogP contribution is -2.09. The number of esters is 1. The third kappa shape index (κ3) is 3.81. The minimum atomic E-state index is -0.361. The monoisotopic (exact) mass is 207 g/mol. The molecule has 0 fully saturated rings. The fourth-order valence-corrected chi connectivity index (χ4v) is 1.02. The van der Waals surface area contributed by atoms with Gasteiger partial charge in [0.1, 0.15) is 5.75 Å². The molecule has 0 atom stereocenters. The molecule has 0 bridgehead atoms. The Bertz CT molecular complexity index is 357. The summed E-state index contributed by atoms with van der Waals surface area (Å²) in [4.78, 5) is 21.7. The largest absolute Gasteiger partial charge is 0.427 e. The molecule has 0 saturated carbocycles. The first kappa shape index (κ1) is 11.2. The molecule has 1 rings (SSSR count). The fraction of sp³-hybridized carbons (Fsp3) is 0.273. The van der Waals surface area contributed by atoms with Crippen LogP contribution in [0.3, 0.4) is 0 Å². The number of hydrogen-bond acceptors (Lipinski definition) is 3. The topological polar surface area (TPSA) is 55.4 Å². The van der Waals surface area contributed by atoms with E-state index in [2.05, 4.69) is 5.32 Å². The predicted octanol–water partition coefficient (Wildman–Crippen LogP) is 1.96. The molecule has 1 N–H and O–H groups in total. The van der Waals surface area contributed by atoms with E-state index in [1.54, 1.807) is 31.2 Å². The second-order valence-corrected chi connectivity index (χ2v) is 3.02. The van der Waals surface area contributed by atoms with Gasteiger partial charge in [-0.05, 0) is 24.3 Å². The average molecular weight is 207 g/mol. The number of amides is 1. The predicted molar refractivity (Wildman–Crippen MR) is 56.7 cm³/mol. The van der Waals surface area contributed by atoms with Gasteiger partial charge in [-0.1, -0.05) is 6.92 Å². The Labute approximate surface area is 88.2 Å². The van der Waals surface area contributed by atoms with Crippen LogP contribution in [-0.2, 0) is 9.59 Å². The van der Waals surface area contributed by atoms with Gasteiger partial charge in [-0.25, -0.2) is 0 Å². The van der Waals surface area contributed by atoms with Crippen LogP contribution >= 0.6 is 0 Å². The molecule has 4 heteroatoms. The van der Waals surface area contributed by atoms with Crippen molar-refractivity contribution >= 4 is 17.6 Å². The maximum Gasteiger partial charge on any atom is 0.308 e. The molecular formula is C11H13NO3. The Hall–Kier alpha value is -1.84. The molecule has 4 nitrogen and oxygen atoms in total. The molecule has 0 aliphatic rings. The highest BCUT2D eigenvalue weighted by Gasteiger charge is 2.00. The van der Waals surface area contributed by atoms with Crippen LogP contribution in [0, 0.1) is 0 Å². The molecule has 0 heterocycles. The number of carbonyl (C=O) groups excluding carboxylic acids is 2. The lowest BCUT2D eigenvalue weighted by Gasteiger charge is -2.04. The van der Waals surface area contributed by atoms with E-state index in [0.29, 0.717) is 17.9 Å². The van der Waals surface area contributed by atoms with Gasteiger partial charge in [0.05, 0.1) is 0 Å². The summed E-state index contributed by atoms with van der Waals surface area (Å²) in [7, 11) is 0. The lowest BCUT2D eigenvalue weighted by atomic mass is 10.3. The maximum absolute atomic E-state index is 11.0. The highest BCUT2D eigenvalue weighted by molar-refractivity contribution is 5.90. The van der Waals surface area contributed by atoms with E-state index in [4.69, 9.17) is 4.74 Å². The fourth-order valence-electron chi connectivity index (χ4n) is 1.02. The summed E-state index contributed by atoms with van der Waals surface area (Å²) in [6.45, 7) is 3.12.